The lowest BCUT2D eigenvalue weighted by atomic mass is 10.6. The number of rotatable bonds is 1. The van der Waals surface area contributed by atoms with Gasteiger partial charge in [-0.2, -0.15) is 4.99 Å². The highest BCUT2D eigenvalue weighted by atomic mass is 16.5. The molecular weight excluding hydrogens is 160 g/mol. The largest absolute Gasteiger partial charge is 0.484 e. The Hall–Kier alpha value is -1.65. The van der Waals surface area contributed by atoms with E-state index in [1.54, 1.807) is 0 Å². The van der Waals surface area contributed by atoms with Gasteiger partial charge in [0.25, 0.3) is 5.91 Å². The molecule has 0 radical (unpaired) electrons. The maximum Gasteiger partial charge on any atom is 0.350 e. The van der Waals surface area contributed by atoms with Crippen LogP contribution < -0.4 is 5.32 Å². The topological polar surface area (TPSA) is 67.8 Å². The van der Waals surface area contributed by atoms with E-state index in [1.165, 1.54) is 14.0 Å². The van der Waals surface area contributed by atoms with Crippen molar-refractivity contribution in [2.24, 2.45) is 4.99 Å². The summed E-state index contributed by atoms with van der Waals surface area (Å²) in [4.78, 5) is 24.6. The van der Waals surface area contributed by atoms with Gasteiger partial charge in [0, 0.05) is 6.92 Å². The molecule has 0 atom stereocenters. The Kier molecular flexibility index (Phi) is 4.36. The number of urea groups is 1. The summed E-state index contributed by atoms with van der Waals surface area (Å²) in [7, 11) is 1.38. The molecule has 0 spiro atoms. The van der Waals surface area contributed by atoms with Crippen molar-refractivity contribution in [2.45, 2.75) is 6.92 Å². The van der Waals surface area contributed by atoms with Crippen LogP contribution in [0.2, 0.25) is 0 Å². The van der Waals surface area contributed by atoms with Crippen LogP contribution >= 0.6 is 0 Å². The van der Waals surface area contributed by atoms with Gasteiger partial charge in [-0.15, -0.1) is 0 Å². The van der Waals surface area contributed by atoms with Crippen LogP contribution in [0.15, 0.2) is 17.6 Å². The van der Waals surface area contributed by atoms with Crippen molar-refractivity contribution in [1.82, 2.24) is 5.32 Å². The maximum absolute atomic E-state index is 10.7. The third kappa shape index (κ3) is 4.21. The summed E-state index contributed by atoms with van der Waals surface area (Å²) >= 11 is 0. The van der Waals surface area contributed by atoms with Crippen LogP contribution in [0.1, 0.15) is 6.92 Å². The summed E-state index contributed by atoms with van der Waals surface area (Å²) in [6.07, 6.45) is 0.982. The molecule has 0 aliphatic rings. The first kappa shape index (κ1) is 10.3. The molecular formula is C7H10N2O3. The number of amides is 3. The molecule has 0 saturated heterocycles. The van der Waals surface area contributed by atoms with Gasteiger partial charge in [0.2, 0.25) is 0 Å². The van der Waals surface area contributed by atoms with Gasteiger partial charge in [0.05, 0.1) is 7.11 Å². The van der Waals surface area contributed by atoms with Crippen LogP contribution in [-0.4, -0.2) is 24.9 Å². The Labute approximate surface area is 70.1 Å². The average molecular weight is 170 g/mol. The summed E-state index contributed by atoms with van der Waals surface area (Å²) < 4.78 is 4.59. The second kappa shape index (κ2) is 5.06. The fourth-order valence-electron chi connectivity index (χ4n) is 0.373. The molecule has 0 aromatic rings. The number of aliphatic imine (C=N–C) groups is 1. The van der Waals surface area contributed by atoms with E-state index >= 15 is 0 Å². The van der Waals surface area contributed by atoms with E-state index in [-0.39, 0.29) is 5.90 Å². The number of nitrogens with zero attached hydrogens (tertiary/aromatic N) is 1. The lowest BCUT2D eigenvalue weighted by Gasteiger charge is -1.97. The SMILES string of the molecule is C=CC(=O)NC(=O)N=C(C)OC. The zero-order chi connectivity index (χ0) is 9.56. The highest BCUT2D eigenvalue weighted by Gasteiger charge is 2.02. The Morgan fingerprint density at radius 2 is 2.17 bits per heavy atom. The van der Waals surface area contributed by atoms with Gasteiger partial charge < -0.3 is 4.74 Å². The number of methoxy groups -OCH3 is 1. The van der Waals surface area contributed by atoms with Crippen LogP contribution in [0.5, 0.6) is 0 Å². The van der Waals surface area contributed by atoms with Gasteiger partial charge in [-0.25, -0.2) is 4.79 Å². The molecule has 0 aromatic heterocycles. The van der Waals surface area contributed by atoms with Crippen molar-refractivity contribution >= 4 is 17.8 Å². The molecule has 66 valence electrons. The van der Waals surface area contributed by atoms with Gasteiger partial charge in [0.1, 0.15) is 0 Å². The van der Waals surface area contributed by atoms with Gasteiger partial charge in [-0.3, -0.25) is 10.1 Å². The predicted molar refractivity (Wildman–Crippen MR) is 43.9 cm³/mol. The first-order chi connectivity index (χ1) is 5.60. The zero-order valence-electron chi connectivity index (χ0n) is 6.96. The van der Waals surface area contributed by atoms with Crippen LogP contribution in [0.4, 0.5) is 4.79 Å². The van der Waals surface area contributed by atoms with E-state index in [2.05, 4.69) is 16.3 Å². The fourth-order valence-corrected chi connectivity index (χ4v) is 0.373. The minimum absolute atomic E-state index is 0.185. The van der Waals surface area contributed by atoms with E-state index < -0.39 is 11.9 Å². The molecule has 5 heteroatoms. The molecule has 0 unspecified atom stereocenters. The Morgan fingerprint density at radius 1 is 1.58 bits per heavy atom. The number of hydrogen-bond donors (Lipinski definition) is 1. The molecule has 12 heavy (non-hydrogen) atoms. The second-order valence-electron chi connectivity index (χ2n) is 1.83. The molecule has 0 bridgehead atoms. The van der Waals surface area contributed by atoms with E-state index in [0.717, 1.165) is 6.08 Å². The van der Waals surface area contributed by atoms with Crippen molar-refractivity contribution in [3.63, 3.8) is 0 Å². The summed E-state index contributed by atoms with van der Waals surface area (Å²) in [5, 5.41) is 1.93. The van der Waals surface area contributed by atoms with Gasteiger partial charge in [-0.1, -0.05) is 6.58 Å². The lowest BCUT2D eigenvalue weighted by molar-refractivity contribution is -0.115. The zero-order valence-corrected chi connectivity index (χ0v) is 6.96. The normalized spacial score (nSPS) is 10.3. The van der Waals surface area contributed by atoms with Gasteiger partial charge in [-0.05, 0) is 6.08 Å². The highest BCUT2D eigenvalue weighted by Crippen LogP contribution is 1.81. The Balaban J connectivity index is 4.06. The van der Waals surface area contributed by atoms with E-state index in [0.29, 0.717) is 0 Å². The predicted octanol–water partition coefficient (Wildman–Crippen LogP) is 0.473. The monoisotopic (exact) mass is 170 g/mol. The first-order valence-corrected chi connectivity index (χ1v) is 3.16. The minimum atomic E-state index is -0.765. The van der Waals surface area contributed by atoms with Crippen molar-refractivity contribution < 1.29 is 14.3 Å². The fraction of sp³-hybridized carbons (Fsp3) is 0.286. The molecule has 3 amide bonds. The van der Waals surface area contributed by atoms with Gasteiger partial charge in [0.15, 0.2) is 5.90 Å². The molecule has 0 aliphatic heterocycles. The molecule has 1 N–H and O–H groups in total. The number of imide groups is 1. The third-order valence-corrected chi connectivity index (χ3v) is 0.970. The quantitative estimate of drug-likeness (QED) is 0.353. The van der Waals surface area contributed by atoms with Crippen molar-refractivity contribution in [3.05, 3.63) is 12.7 Å². The molecule has 0 aromatic carbocycles. The van der Waals surface area contributed by atoms with Crippen LogP contribution in [0.3, 0.4) is 0 Å². The van der Waals surface area contributed by atoms with E-state index in [4.69, 9.17) is 0 Å². The van der Waals surface area contributed by atoms with E-state index in [9.17, 15) is 9.59 Å². The molecule has 0 fully saturated rings. The third-order valence-electron chi connectivity index (χ3n) is 0.970. The number of hydrogen-bond acceptors (Lipinski definition) is 3. The van der Waals surface area contributed by atoms with Crippen molar-refractivity contribution in [2.75, 3.05) is 7.11 Å². The number of carbonyl (C=O) groups is 2. The van der Waals surface area contributed by atoms with Crippen molar-refractivity contribution in [1.29, 1.82) is 0 Å². The molecule has 0 rings (SSSR count). The van der Waals surface area contributed by atoms with E-state index in [1.807, 2.05) is 5.32 Å². The van der Waals surface area contributed by atoms with Crippen LogP contribution in [0, 0.1) is 0 Å². The first-order valence-electron chi connectivity index (χ1n) is 3.16. The standard InChI is InChI=1S/C7H10N2O3/c1-4-6(10)9-7(11)8-5(2)12-3/h4H,1H2,2-3H3,(H,9,10,11). The number of nitrogens with one attached hydrogen (secondary N) is 1. The molecule has 0 heterocycles. The Morgan fingerprint density at radius 3 is 2.58 bits per heavy atom. The molecule has 0 saturated carbocycles. The second-order valence-corrected chi connectivity index (χ2v) is 1.83. The Bertz CT molecular complexity index is 233. The summed E-state index contributed by atoms with van der Waals surface area (Å²) in [5.41, 5.74) is 0. The minimum Gasteiger partial charge on any atom is -0.484 e. The van der Waals surface area contributed by atoms with Crippen LogP contribution in [-0.2, 0) is 9.53 Å². The van der Waals surface area contributed by atoms with Gasteiger partial charge >= 0.3 is 6.03 Å². The summed E-state index contributed by atoms with van der Waals surface area (Å²) in [6, 6.07) is -0.765. The number of carbonyl (C=O) groups excluding carboxylic acids is 2. The molecule has 0 aliphatic carbocycles. The summed E-state index contributed by atoms with van der Waals surface area (Å²) in [6.45, 7) is 4.67. The van der Waals surface area contributed by atoms with Crippen molar-refractivity contribution in [3.8, 4) is 0 Å². The summed E-state index contributed by atoms with van der Waals surface area (Å²) in [5.74, 6) is -0.406. The lowest BCUT2D eigenvalue weighted by Crippen LogP contribution is -2.26. The van der Waals surface area contributed by atoms with Crippen LogP contribution in [0.25, 0.3) is 0 Å². The highest BCUT2D eigenvalue weighted by molar-refractivity contribution is 6.03. The average Bonchev–Trinajstić information content (AvgIpc) is 2.03. The smallest absolute Gasteiger partial charge is 0.350 e. The molecule has 5 nitrogen and oxygen atoms in total. The maximum atomic E-state index is 10.7. The number of ether oxygens (including phenoxy) is 1.